The summed E-state index contributed by atoms with van der Waals surface area (Å²) in [4.78, 5) is -0.165. The number of nitrogens with zero attached hydrogens (tertiary/aromatic N) is 1. The molecule has 1 atom stereocenters. The summed E-state index contributed by atoms with van der Waals surface area (Å²) in [6, 6.07) is 2.23. The van der Waals surface area contributed by atoms with E-state index >= 15 is 0 Å². The van der Waals surface area contributed by atoms with Gasteiger partial charge in [-0.3, -0.25) is 0 Å². The maximum Gasteiger partial charge on any atom is 0.243 e. The van der Waals surface area contributed by atoms with E-state index in [0.717, 1.165) is 6.07 Å². The summed E-state index contributed by atoms with van der Waals surface area (Å²) in [7, 11) is -3.80. The Bertz CT molecular complexity index is 566. The lowest BCUT2D eigenvalue weighted by Crippen LogP contribution is -2.42. The molecule has 0 amide bonds. The van der Waals surface area contributed by atoms with Crippen LogP contribution < -0.4 is 5.73 Å². The van der Waals surface area contributed by atoms with Crippen LogP contribution >= 0.6 is 0 Å². The van der Waals surface area contributed by atoms with Gasteiger partial charge in [0, 0.05) is 24.3 Å². The lowest BCUT2D eigenvalue weighted by molar-refractivity contribution is 0.108. The summed E-state index contributed by atoms with van der Waals surface area (Å²) >= 11 is 0. The van der Waals surface area contributed by atoms with Crippen molar-refractivity contribution in [3.63, 3.8) is 0 Å². The van der Waals surface area contributed by atoms with Crippen molar-refractivity contribution in [3.05, 3.63) is 23.5 Å². The normalized spacial score (nSPS) is 21.5. The number of nitrogens with two attached hydrogens (primary N) is 1. The second-order valence-electron chi connectivity index (χ2n) is 4.78. The van der Waals surface area contributed by atoms with Crippen molar-refractivity contribution in [1.29, 1.82) is 0 Å². The average Bonchev–Trinajstić information content (AvgIpc) is 2.35. The number of hydrogen-bond donors (Lipinski definition) is 2. The molecular formula is C12H17FN2O3S. The molecule has 0 radical (unpaired) electrons. The maximum absolute atomic E-state index is 13.6. The molecule has 2 rings (SSSR count). The van der Waals surface area contributed by atoms with E-state index in [2.05, 4.69) is 0 Å². The molecule has 19 heavy (non-hydrogen) atoms. The zero-order chi connectivity index (χ0) is 14.2. The van der Waals surface area contributed by atoms with E-state index in [-0.39, 0.29) is 22.7 Å². The van der Waals surface area contributed by atoms with Crippen LogP contribution in [-0.2, 0) is 10.0 Å². The summed E-state index contributed by atoms with van der Waals surface area (Å²) < 4.78 is 39.5. The molecule has 1 unspecified atom stereocenters. The van der Waals surface area contributed by atoms with Gasteiger partial charge in [0.15, 0.2) is 0 Å². The van der Waals surface area contributed by atoms with Gasteiger partial charge in [0.25, 0.3) is 0 Å². The minimum absolute atomic E-state index is 0.0394. The van der Waals surface area contributed by atoms with E-state index in [1.54, 1.807) is 0 Å². The first-order valence-corrected chi connectivity index (χ1v) is 7.50. The quantitative estimate of drug-likeness (QED) is 0.791. The van der Waals surface area contributed by atoms with Gasteiger partial charge < -0.3 is 10.8 Å². The van der Waals surface area contributed by atoms with Crippen molar-refractivity contribution in [2.75, 3.05) is 18.8 Å². The molecule has 1 heterocycles. The van der Waals surface area contributed by atoms with Gasteiger partial charge in [0.05, 0.1) is 11.0 Å². The Kier molecular flexibility index (Phi) is 3.80. The van der Waals surface area contributed by atoms with Crippen LogP contribution in [0.25, 0.3) is 0 Å². The van der Waals surface area contributed by atoms with Gasteiger partial charge in [-0.15, -0.1) is 0 Å². The van der Waals surface area contributed by atoms with E-state index in [4.69, 9.17) is 5.73 Å². The zero-order valence-electron chi connectivity index (χ0n) is 10.6. The summed E-state index contributed by atoms with van der Waals surface area (Å²) in [6.45, 7) is 1.86. The maximum atomic E-state index is 13.6. The predicted molar refractivity (Wildman–Crippen MR) is 69.5 cm³/mol. The van der Waals surface area contributed by atoms with Crippen LogP contribution in [0, 0.1) is 12.7 Å². The van der Waals surface area contributed by atoms with Crippen LogP contribution in [0.15, 0.2) is 17.0 Å². The van der Waals surface area contributed by atoms with Gasteiger partial charge in [0.2, 0.25) is 10.0 Å². The monoisotopic (exact) mass is 288 g/mol. The molecule has 0 saturated carbocycles. The summed E-state index contributed by atoms with van der Waals surface area (Å²) in [5.41, 5.74) is 5.94. The molecule has 0 aliphatic carbocycles. The summed E-state index contributed by atoms with van der Waals surface area (Å²) in [5, 5.41) is 9.54. The minimum atomic E-state index is -3.80. The molecule has 0 aromatic heterocycles. The Balaban J connectivity index is 2.39. The first-order chi connectivity index (χ1) is 8.82. The van der Waals surface area contributed by atoms with Crippen LogP contribution in [0.4, 0.5) is 10.1 Å². The number of nitrogen functional groups attached to an aromatic ring is 1. The fraction of sp³-hybridized carbons (Fsp3) is 0.500. The molecule has 106 valence electrons. The molecule has 0 bridgehead atoms. The molecular weight excluding hydrogens is 271 g/mol. The van der Waals surface area contributed by atoms with Crippen LogP contribution in [0.1, 0.15) is 18.4 Å². The van der Waals surface area contributed by atoms with Crippen LogP contribution in [0.3, 0.4) is 0 Å². The molecule has 5 nitrogen and oxygen atoms in total. The molecule has 1 aromatic rings. The SMILES string of the molecule is Cc1c(N)cc(S(=O)(=O)N2CCCC(O)C2)cc1F. The summed E-state index contributed by atoms with van der Waals surface area (Å²) in [6.07, 6.45) is 0.497. The molecule has 3 N–H and O–H groups in total. The number of aliphatic hydroxyl groups excluding tert-OH is 1. The fourth-order valence-corrected chi connectivity index (χ4v) is 3.68. The van der Waals surface area contributed by atoms with Crippen molar-refractivity contribution in [2.24, 2.45) is 0 Å². The molecule has 1 aliphatic rings. The Morgan fingerprint density at radius 1 is 1.47 bits per heavy atom. The van der Waals surface area contributed by atoms with Gasteiger partial charge in [-0.2, -0.15) is 4.31 Å². The van der Waals surface area contributed by atoms with E-state index < -0.39 is 21.9 Å². The number of β-amino-alcohol motifs (C(OH)–C–C–N with tert-alkyl or cyclic N) is 1. The highest BCUT2D eigenvalue weighted by molar-refractivity contribution is 7.89. The van der Waals surface area contributed by atoms with Gasteiger partial charge in [-0.05, 0) is 31.9 Å². The molecule has 7 heteroatoms. The first-order valence-electron chi connectivity index (χ1n) is 6.06. The fourth-order valence-electron chi connectivity index (χ4n) is 2.11. The first kappa shape index (κ1) is 14.2. The lowest BCUT2D eigenvalue weighted by atomic mass is 10.1. The summed E-state index contributed by atoms with van der Waals surface area (Å²) in [5.74, 6) is -0.642. The number of aliphatic hydroxyl groups is 1. The third-order valence-corrected chi connectivity index (χ3v) is 5.20. The van der Waals surface area contributed by atoms with E-state index in [1.807, 2.05) is 0 Å². The zero-order valence-corrected chi connectivity index (χ0v) is 11.5. The van der Waals surface area contributed by atoms with E-state index in [0.29, 0.717) is 19.4 Å². The second-order valence-corrected chi connectivity index (χ2v) is 6.72. The van der Waals surface area contributed by atoms with Crippen molar-refractivity contribution in [2.45, 2.75) is 30.8 Å². The third kappa shape index (κ3) is 2.72. The smallest absolute Gasteiger partial charge is 0.243 e. The van der Waals surface area contributed by atoms with Crippen LogP contribution in [-0.4, -0.2) is 37.0 Å². The standard InChI is InChI=1S/C12H17FN2O3S/c1-8-11(13)5-10(6-12(8)14)19(17,18)15-4-2-3-9(16)7-15/h5-6,9,16H,2-4,7,14H2,1H3. The number of anilines is 1. The molecule has 0 spiro atoms. The van der Waals surface area contributed by atoms with E-state index in [9.17, 15) is 17.9 Å². The van der Waals surface area contributed by atoms with Crippen molar-refractivity contribution in [1.82, 2.24) is 4.31 Å². The highest BCUT2D eigenvalue weighted by Gasteiger charge is 2.30. The number of piperidine rings is 1. The topological polar surface area (TPSA) is 83.6 Å². The Labute approximate surface area is 111 Å². The van der Waals surface area contributed by atoms with Gasteiger partial charge in [-0.25, -0.2) is 12.8 Å². The van der Waals surface area contributed by atoms with Crippen molar-refractivity contribution >= 4 is 15.7 Å². The van der Waals surface area contributed by atoms with Gasteiger partial charge in [0.1, 0.15) is 5.82 Å². The van der Waals surface area contributed by atoms with Gasteiger partial charge in [-0.1, -0.05) is 0 Å². The Morgan fingerprint density at radius 3 is 2.74 bits per heavy atom. The molecule has 1 fully saturated rings. The highest BCUT2D eigenvalue weighted by Crippen LogP contribution is 2.25. The average molecular weight is 288 g/mol. The second kappa shape index (κ2) is 5.07. The third-order valence-electron chi connectivity index (χ3n) is 3.36. The molecule has 1 aliphatic heterocycles. The van der Waals surface area contributed by atoms with Crippen molar-refractivity contribution in [3.8, 4) is 0 Å². The van der Waals surface area contributed by atoms with E-state index in [1.165, 1.54) is 17.3 Å². The van der Waals surface area contributed by atoms with Crippen LogP contribution in [0.5, 0.6) is 0 Å². The minimum Gasteiger partial charge on any atom is -0.398 e. The number of rotatable bonds is 2. The van der Waals surface area contributed by atoms with Crippen LogP contribution in [0.2, 0.25) is 0 Å². The molecule has 1 saturated heterocycles. The number of hydrogen-bond acceptors (Lipinski definition) is 4. The lowest BCUT2D eigenvalue weighted by Gasteiger charge is -2.29. The number of halogens is 1. The Morgan fingerprint density at radius 2 is 2.16 bits per heavy atom. The number of sulfonamides is 1. The molecule has 1 aromatic carbocycles. The highest BCUT2D eigenvalue weighted by atomic mass is 32.2. The van der Waals surface area contributed by atoms with Gasteiger partial charge >= 0.3 is 0 Å². The number of benzene rings is 1. The predicted octanol–water partition coefficient (Wildman–Crippen LogP) is 0.862. The Hall–Kier alpha value is -1.18. The largest absolute Gasteiger partial charge is 0.398 e. The van der Waals surface area contributed by atoms with Crippen molar-refractivity contribution < 1.29 is 17.9 Å².